The zero-order valence-electron chi connectivity index (χ0n) is 13.3. The Morgan fingerprint density at radius 3 is 3.04 bits per heavy atom. The summed E-state index contributed by atoms with van der Waals surface area (Å²) in [7, 11) is 0. The summed E-state index contributed by atoms with van der Waals surface area (Å²) in [6.45, 7) is 2.35. The fourth-order valence-electron chi connectivity index (χ4n) is 2.79. The first-order chi connectivity index (χ1) is 11.5. The molecule has 1 aliphatic rings. The van der Waals surface area contributed by atoms with E-state index in [-0.39, 0.29) is 31.2 Å². The lowest BCUT2D eigenvalue weighted by molar-refractivity contribution is -0.138. The second kappa shape index (κ2) is 7.14. The molecule has 2 N–H and O–H groups in total. The summed E-state index contributed by atoms with van der Waals surface area (Å²) in [5.74, 6) is -0.0438. The SMILES string of the molecule is Cc1cc(CC(=O)N2CC(O)CC2C(=O)NCc2cccs2)on1. The molecule has 24 heavy (non-hydrogen) atoms. The minimum absolute atomic E-state index is 0.0300. The molecule has 0 radical (unpaired) electrons. The summed E-state index contributed by atoms with van der Waals surface area (Å²) in [5, 5.41) is 18.4. The summed E-state index contributed by atoms with van der Waals surface area (Å²) < 4.78 is 5.05. The van der Waals surface area contributed by atoms with Gasteiger partial charge in [-0.25, -0.2) is 0 Å². The average Bonchev–Trinajstić information content (AvgIpc) is 3.26. The standard InChI is InChI=1S/C16H19N3O4S/c1-10-5-12(23-18-10)7-15(21)19-9-11(20)6-14(19)16(22)17-8-13-3-2-4-24-13/h2-5,11,14,20H,6-9H2,1H3,(H,17,22). The number of aliphatic hydroxyl groups excluding tert-OH is 1. The summed E-state index contributed by atoms with van der Waals surface area (Å²) >= 11 is 1.56. The maximum atomic E-state index is 12.5. The highest BCUT2D eigenvalue weighted by atomic mass is 32.1. The maximum absolute atomic E-state index is 12.5. The molecular weight excluding hydrogens is 330 g/mol. The van der Waals surface area contributed by atoms with Crippen molar-refractivity contribution in [2.75, 3.05) is 6.54 Å². The van der Waals surface area contributed by atoms with Gasteiger partial charge >= 0.3 is 0 Å². The Hall–Kier alpha value is -2.19. The fourth-order valence-corrected chi connectivity index (χ4v) is 3.44. The molecule has 2 aromatic rings. The summed E-state index contributed by atoms with van der Waals surface area (Å²) in [6, 6.07) is 4.89. The minimum atomic E-state index is -0.692. The number of nitrogens with zero attached hydrogens (tertiary/aromatic N) is 2. The van der Waals surface area contributed by atoms with Gasteiger partial charge in [-0.2, -0.15) is 0 Å². The molecule has 0 bridgehead atoms. The highest BCUT2D eigenvalue weighted by Crippen LogP contribution is 2.20. The van der Waals surface area contributed by atoms with Crippen molar-refractivity contribution in [3.05, 3.63) is 39.9 Å². The van der Waals surface area contributed by atoms with E-state index in [1.165, 1.54) is 4.90 Å². The number of hydrogen-bond donors (Lipinski definition) is 2. The number of nitrogens with one attached hydrogen (secondary N) is 1. The molecule has 128 valence electrons. The molecule has 7 nitrogen and oxygen atoms in total. The smallest absolute Gasteiger partial charge is 0.243 e. The van der Waals surface area contributed by atoms with Crippen LogP contribution in [0.15, 0.2) is 28.1 Å². The Morgan fingerprint density at radius 2 is 2.38 bits per heavy atom. The van der Waals surface area contributed by atoms with E-state index in [2.05, 4.69) is 10.5 Å². The van der Waals surface area contributed by atoms with E-state index in [1.807, 2.05) is 17.5 Å². The van der Waals surface area contributed by atoms with Crippen molar-refractivity contribution in [2.24, 2.45) is 0 Å². The highest BCUT2D eigenvalue weighted by molar-refractivity contribution is 7.09. The van der Waals surface area contributed by atoms with Gasteiger partial charge in [0, 0.05) is 23.9 Å². The molecule has 1 saturated heterocycles. The molecular formula is C16H19N3O4S. The van der Waals surface area contributed by atoms with Gasteiger partial charge in [-0.05, 0) is 18.4 Å². The van der Waals surface area contributed by atoms with Gasteiger partial charge in [0.05, 0.1) is 24.8 Å². The molecule has 2 aromatic heterocycles. The number of aromatic nitrogens is 1. The third-order valence-electron chi connectivity index (χ3n) is 3.92. The van der Waals surface area contributed by atoms with Gasteiger partial charge in [-0.3, -0.25) is 9.59 Å². The lowest BCUT2D eigenvalue weighted by atomic mass is 10.1. The zero-order valence-corrected chi connectivity index (χ0v) is 14.1. The largest absolute Gasteiger partial charge is 0.391 e. The quantitative estimate of drug-likeness (QED) is 0.835. The second-order valence-electron chi connectivity index (χ2n) is 5.86. The van der Waals surface area contributed by atoms with E-state index in [4.69, 9.17) is 4.52 Å². The molecule has 8 heteroatoms. The third-order valence-corrected chi connectivity index (χ3v) is 4.80. The van der Waals surface area contributed by atoms with Crippen molar-refractivity contribution in [2.45, 2.75) is 38.5 Å². The van der Waals surface area contributed by atoms with Crippen LogP contribution in [0.5, 0.6) is 0 Å². The van der Waals surface area contributed by atoms with Crippen LogP contribution < -0.4 is 5.32 Å². The maximum Gasteiger partial charge on any atom is 0.243 e. The Balaban J connectivity index is 1.62. The van der Waals surface area contributed by atoms with Crippen LogP contribution in [0.2, 0.25) is 0 Å². The number of thiophene rings is 1. The molecule has 2 unspecified atom stereocenters. The fraction of sp³-hybridized carbons (Fsp3) is 0.438. The first-order valence-corrected chi connectivity index (χ1v) is 8.60. The van der Waals surface area contributed by atoms with Gasteiger partial charge in [0.1, 0.15) is 11.8 Å². The van der Waals surface area contributed by atoms with Gasteiger partial charge in [-0.15, -0.1) is 11.3 Å². The molecule has 0 spiro atoms. The molecule has 3 rings (SSSR count). The predicted octanol–water partition coefficient (Wildman–Crippen LogP) is 0.865. The van der Waals surface area contributed by atoms with Crippen molar-refractivity contribution in [1.82, 2.24) is 15.4 Å². The number of carbonyl (C=O) groups is 2. The normalized spacial score (nSPS) is 20.3. The zero-order chi connectivity index (χ0) is 17.1. The van der Waals surface area contributed by atoms with Crippen LogP contribution in [0, 0.1) is 6.92 Å². The number of rotatable bonds is 5. The van der Waals surface area contributed by atoms with E-state index >= 15 is 0 Å². The molecule has 2 atom stereocenters. The topological polar surface area (TPSA) is 95.7 Å². The van der Waals surface area contributed by atoms with Crippen molar-refractivity contribution < 1.29 is 19.2 Å². The van der Waals surface area contributed by atoms with Crippen LogP contribution in [-0.2, 0) is 22.6 Å². The van der Waals surface area contributed by atoms with Crippen LogP contribution in [0.4, 0.5) is 0 Å². The van der Waals surface area contributed by atoms with E-state index in [0.29, 0.717) is 18.0 Å². The number of amides is 2. The van der Waals surface area contributed by atoms with Crippen LogP contribution in [0.1, 0.15) is 22.8 Å². The molecule has 3 heterocycles. The number of carbonyl (C=O) groups excluding carboxylic acids is 2. The van der Waals surface area contributed by atoms with Crippen LogP contribution in [0.3, 0.4) is 0 Å². The van der Waals surface area contributed by atoms with Crippen molar-refractivity contribution >= 4 is 23.2 Å². The van der Waals surface area contributed by atoms with Gasteiger partial charge in [0.15, 0.2) is 0 Å². The second-order valence-corrected chi connectivity index (χ2v) is 6.89. The monoisotopic (exact) mass is 349 g/mol. The first-order valence-electron chi connectivity index (χ1n) is 7.72. The number of β-amino-alcohol motifs (C(OH)–C–C–N with tert-alkyl or cyclic N) is 1. The molecule has 0 aliphatic carbocycles. The molecule has 2 amide bonds. The van der Waals surface area contributed by atoms with E-state index in [1.54, 1.807) is 24.3 Å². The number of aliphatic hydroxyl groups is 1. The van der Waals surface area contributed by atoms with E-state index in [9.17, 15) is 14.7 Å². The Kier molecular flexibility index (Phi) is 4.96. The minimum Gasteiger partial charge on any atom is -0.391 e. The molecule has 0 saturated carbocycles. The van der Waals surface area contributed by atoms with Gasteiger partial charge in [-0.1, -0.05) is 11.2 Å². The van der Waals surface area contributed by atoms with E-state index < -0.39 is 12.1 Å². The van der Waals surface area contributed by atoms with Gasteiger partial charge in [0.2, 0.25) is 11.8 Å². The Morgan fingerprint density at radius 1 is 1.54 bits per heavy atom. The van der Waals surface area contributed by atoms with Crippen LogP contribution in [0.25, 0.3) is 0 Å². The lowest BCUT2D eigenvalue weighted by Crippen LogP contribution is -2.46. The average molecular weight is 349 g/mol. The summed E-state index contributed by atoms with van der Waals surface area (Å²) in [5.41, 5.74) is 0.699. The van der Waals surface area contributed by atoms with Crippen molar-refractivity contribution in [3.63, 3.8) is 0 Å². The lowest BCUT2D eigenvalue weighted by Gasteiger charge is -2.23. The summed E-state index contributed by atoms with van der Waals surface area (Å²) in [4.78, 5) is 27.3. The third kappa shape index (κ3) is 3.82. The number of aryl methyl sites for hydroxylation is 1. The Bertz CT molecular complexity index is 713. The van der Waals surface area contributed by atoms with Gasteiger partial charge < -0.3 is 19.8 Å². The molecule has 0 aromatic carbocycles. The predicted molar refractivity (Wildman–Crippen MR) is 87.2 cm³/mol. The number of likely N-dealkylation sites (tertiary alicyclic amines) is 1. The first kappa shape index (κ1) is 16.7. The van der Waals surface area contributed by atoms with E-state index in [0.717, 1.165) is 4.88 Å². The van der Waals surface area contributed by atoms with Crippen LogP contribution >= 0.6 is 11.3 Å². The highest BCUT2D eigenvalue weighted by Gasteiger charge is 2.38. The van der Waals surface area contributed by atoms with Crippen molar-refractivity contribution in [1.29, 1.82) is 0 Å². The van der Waals surface area contributed by atoms with Crippen molar-refractivity contribution in [3.8, 4) is 0 Å². The van der Waals surface area contributed by atoms with Crippen LogP contribution in [-0.4, -0.2) is 45.7 Å². The molecule has 1 aliphatic heterocycles. The number of hydrogen-bond acceptors (Lipinski definition) is 6. The summed E-state index contributed by atoms with van der Waals surface area (Å²) in [6.07, 6.45) is -0.414. The molecule has 1 fully saturated rings. The Labute approximate surface area is 143 Å². The van der Waals surface area contributed by atoms with Gasteiger partial charge in [0.25, 0.3) is 0 Å².